The third-order valence-corrected chi connectivity index (χ3v) is 7.14. The third kappa shape index (κ3) is 4.45. The van der Waals surface area contributed by atoms with Crippen LogP contribution in [0.25, 0.3) is 5.76 Å². The normalized spacial score (nSPS) is 18.5. The average molecular weight is 459 g/mol. The van der Waals surface area contributed by atoms with Gasteiger partial charge in [-0.25, -0.2) is 12.7 Å². The van der Waals surface area contributed by atoms with E-state index in [4.69, 9.17) is 4.74 Å². The number of ether oxygens (including phenoxy) is 1. The van der Waals surface area contributed by atoms with Gasteiger partial charge in [-0.1, -0.05) is 30.3 Å². The molecule has 0 aliphatic carbocycles. The molecular formula is C23H26N2O6S. The zero-order valence-electron chi connectivity index (χ0n) is 18.2. The molecule has 1 aliphatic heterocycles. The number of ketones is 1. The van der Waals surface area contributed by atoms with Gasteiger partial charge >= 0.3 is 0 Å². The second-order valence-corrected chi connectivity index (χ2v) is 9.71. The van der Waals surface area contributed by atoms with Crippen LogP contribution in [0, 0.1) is 0 Å². The number of nitrogens with zero attached hydrogens (tertiary/aromatic N) is 2. The number of hydrogen-bond donors (Lipinski definition) is 1. The Kier molecular flexibility index (Phi) is 7.12. The Balaban J connectivity index is 2.07. The van der Waals surface area contributed by atoms with E-state index < -0.39 is 27.8 Å². The number of sulfonamides is 1. The largest absolute Gasteiger partial charge is 0.507 e. The molecule has 0 bridgehead atoms. The van der Waals surface area contributed by atoms with Crippen LogP contribution in [0.3, 0.4) is 0 Å². The van der Waals surface area contributed by atoms with Crippen molar-refractivity contribution in [2.45, 2.75) is 17.4 Å². The molecule has 8 nitrogen and oxygen atoms in total. The molecule has 1 saturated heterocycles. The predicted molar refractivity (Wildman–Crippen MR) is 119 cm³/mol. The molecule has 1 fully saturated rings. The van der Waals surface area contributed by atoms with Crippen LogP contribution in [0.1, 0.15) is 23.6 Å². The van der Waals surface area contributed by atoms with Gasteiger partial charge in [0.05, 0.1) is 16.5 Å². The Bertz CT molecular complexity index is 1120. The first-order valence-corrected chi connectivity index (χ1v) is 11.5. The number of aliphatic hydroxyl groups excluding tert-OH is 1. The van der Waals surface area contributed by atoms with Gasteiger partial charge in [0.1, 0.15) is 5.76 Å². The molecule has 2 aromatic rings. The highest BCUT2D eigenvalue weighted by molar-refractivity contribution is 7.89. The molecule has 1 unspecified atom stereocenters. The van der Waals surface area contributed by atoms with Crippen LogP contribution in [0.15, 0.2) is 65.1 Å². The van der Waals surface area contributed by atoms with Crippen LogP contribution in [0.5, 0.6) is 0 Å². The zero-order chi connectivity index (χ0) is 23.5. The predicted octanol–water partition coefficient (Wildman–Crippen LogP) is 2.40. The molecule has 0 radical (unpaired) electrons. The second-order valence-electron chi connectivity index (χ2n) is 7.56. The summed E-state index contributed by atoms with van der Waals surface area (Å²) in [5.74, 6) is -1.82. The summed E-state index contributed by atoms with van der Waals surface area (Å²) in [5.41, 5.74) is 0.915. The topological polar surface area (TPSA) is 104 Å². The van der Waals surface area contributed by atoms with Gasteiger partial charge < -0.3 is 14.7 Å². The van der Waals surface area contributed by atoms with Gasteiger partial charge in [-0.15, -0.1) is 0 Å². The number of rotatable bonds is 8. The highest BCUT2D eigenvalue weighted by Gasteiger charge is 2.45. The molecule has 0 aromatic heterocycles. The van der Waals surface area contributed by atoms with Crippen LogP contribution < -0.4 is 0 Å². The van der Waals surface area contributed by atoms with Gasteiger partial charge in [-0.05, 0) is 36.2 Å². The van der Waals surface area contributed by atoms with E-state index in [2.05, 4.69) is 0 Å². The monoisotopic (exact) mass is 458 g/mol. The third-order valence-electron chi connectivity index (χ3n) is 5.31. The van der Waals surface area contributed by atoms with Crippen molar-refractivity contribution in [1.82, 2.24) is 9.21 Å². The first-order chi connectivity index (χ1) is 15.2. The molecule has 32 heavy (non-hydrogen) atoms. The van der Waals surface area contributed by atoms with Crippen molar-refractivity contribution in [3.63, 3.8) is 0 Å². The lowest BCUT2D eigenvalue weighted by atomic mass is 9.95. The molecule has 0 saturated carbocycles. The van der Waals surface area contributed by atoms with Gasteiger partial charge in [-0.3, -0.25) is 9.59 Å². The second kappa shape index (κ2) is 9.64. The van der Waals surface area contributed by atoms with E-state index in [0.717, 1.165) is 4.31 Å². The smallest absolute Gasteiger partial charge is 0.295 e. The average Bonchev–Trinajstić information content (AvgIpc) is 3.04. The van der Waals surface area contributed by atoms with E-state index in [0.29, 0.717) is 18.6 Å². The summed E-state index contributed by atoms with van der Waals surface area (Å²) in [6.45, 7) is 0.709. The maximum absolute atomic E-state index is 12.9. The molecule has 1 aliphatic rings. The molecule has 9 heteroatoms. The highest BCUT2D eigenvalue weighted by atomic mass is 32.2. The summed E-state index contributed by atoms with van der Waals surface area (Å²) in [6.07, 6.45) is 0.532. The van der Waals surface area contributed by atoms with E-state index in [9.17, 15) is 23.1 Å². The molecule has 1 amide bonds. The Morgan fingerprint density at radius 3 is 2.25 bits per heavy atom. The quantitative estimate of drug-likeness (QED) is 0.282. The van der Waals surface area contributed by atoms with Crippen LogP contribution in [0.2, 0.25) is 0 Å². The van der Waals surface area contributed by atoms with Crippen molar-refractivity contribution in [2.24, 2.45) is 0 Å². The van der Waals surface area contributed by atoms with E-state index >= 15 is 0 Å². The molecule has 0 spiro atoms. The number of carbonyl (C=O) groups excluding carboxylic acids is 2. The van der Waals surface area contributed by atoms with E-state index in [1.807, 2.05) is 6.07 Å². The Labute approximate surface area is 187 Å². The Morgan fingerprint density at radius 1 is 1.06 bits per heavy atom. The van der Waals surface area contributed by atoms with Crippen molar-refractivity contribution in [2.75, 3.05) is 34.4 Å². The fraction of sp³-hybridized carbons (Fsp3) is 0.304. The molecule has 170 valence electrons. The molecule has 1 atom stereocenters. The minimum atomic E-state index is -3.64. The number of carbonyl (C=O) groups is 2. The Hall–Kier alpha value is -3.01. The number of benzene rings is 2. The standard InChI is InChI=1S/C23H26N2O6S/c1-24(2)32(29,30)18-12-10-17(11-13-18)21(26)19-20(16-8-5-4-6-9-16)25(14-7-15-31-3)23(28)22(19)27/h4-6,8-13,20,26H,7,14-15H2,1-3H3. The van der Waals surface area contributed by atoms with E-state index in [1.165, 1.54) is 43.3 Å². The van der Waals surface area contributed by atoms with Crippen molar-refractivity contribution in [3.05, 3.63) is 71.3 Å². The molecule has 3 rings (SSSR count). The van der Waals surface area contributed by atoms with Gasteiger partial charge in [0.25, 0.3) is 11.7 Å². The minimum Gasteiger partial charge on any atom is -0.507 e. The lowest BCUT2D eigenvalue weighted by Crippen LogP contribution is -2.31. The van der Waals surface area contributed by atoms with Crippen molar-refractivity contribution < 1.29 is 27.9 Å². The number of likely N-dealkylation sites (tertiary alicyclic amines) is 1. The number of aliphatic hydroxyl groups is 1. The SMILES string of the molecule is COCCCN1C(=O)C(=O)C(=C(O)c2ccc(S(=O)(=O)N(C)C)cc2)C1c1ccccc1. The van der Waals surface area contributed by atoms with Gasteiger partial charge in [0, 0.05) is 39.9 Å². The van der Waals surface area contributed by atoms with Gasteiger partial charge in [-0.2, -0.15) is 0 Å². The summed E-state index contributed by atoms with van der Waals surface area (Å²) in [4.78, 5) is 27.2. The first kappa shape index (κ1) is 23.6. The van der Waals surface area contributed by atoms with E-state index in [-0.39, 0.29) is 28.3 Å². The fourth-order valence-electron chi connectivity index (χ4n) is 3.62. The zero-order valence-corrected chi connectivity index (χ0v) is 19.0. The van der Waals surface area contributed by atoms with Crippen LogP contribution in [-0.2, 0) is 24.3 Å². The number of Topliss-reactive ketones (excluding diaryl/α,β-unsaturated/α-hetero) is 1. The number of hydrogen-bond acceptors (Lipinski definition) is 6. The van der Waals surface area contributed by atoms with E-state index in [1.54, 1.807) is 31.4 Å². The minimum absolute atomic E-state index is 0.0261. The number of amides is 1. The maximum atomic E-state index is 12.9. The van der Waals surface area contributed by atoms with Crippen molar-refractivity contribution in [1.29, 1.82) is 0 Å². The van der Waals surface area contributed by atoms with Crippen molar-refractivity contribution in [3.8, 4) is 0 Å². The van der Waals surface area contributed by atoms with Crippen LogP contribution in [-0.4, -0.2) is 68.8 Å². The molecular weight excluding hydrogens is 432 g/mol. The van der Waals surface area contributed by atoms with Crippen LogP contribution in [0.4, 0.5) is 0 Å². The molecule has 1 N–H and O–H groups in total. The fourth-order valence-corrected chi connectivity index (χ4v) is 4.52. The van der Waals surface area contributed by atoms with Crippen LogP contribution >= 0.6 is 0 Å². The summed E-state index contributed by atoms with van der Waals surface area (Å²) >= 11 is 0. The van der Waals surface area contributed by atoms with Gasteiger partial charge in [0.15, 0.2) is 0 Å². The number of methoxy groups -OCH3 is 1. The summed E-state index contributed by atoms with van der Waals surface area (Å²) in [5, 5.41) is 11.0. The lowest BCUT2D eigenvalue weighted by molar-refractivity contribution is -0.140. The lowest BCUT2D eigenvalue weighted by Gasteiger charge is -2.25. The first-order valence-electron chi connectivity index (χ1n) is 10.1. The summed E-state index contributed by atoms with van der Waals surface area (Å²) in [7, 11) is 0.769. The van der Waals surface area contributed by atoms with Crippen molar-refractivity contribution >= 4 is 27.5 Å². The summed E-state index contributed by atoms with van der Waals surface area (Å²) in [6, 6.07) is 13.8. The Morgan fingerprint density at radius 2 is 1.69 bits per heavy atom. The van der Waals surface area contributed by atoms with Gasteiger partial charge in [0.2, 0.25) is 10.0 Å². The molecule has 1 heterocycles. The molecule has 2 aromatic carbocycles. The summed E-state index contributed by atoms with van der Waals surface area (Å²) < 4.78 is 30.8. The maximum Gasteiger partial charge on any atom is 0.295 e. The highest BCUT2D eigenvalue weighted by Crippen LogP contribution is 2.39.